The summed E-state index contributed by atoms with van der Waals surface area (Å²) in [6, 6.07) is 6.01. The molecular formula is C27H34N6O5S. The minimum atomic E-state index is -0.531. The van der Waals surface area contributed by atoms with E-state index in [4.69, 9.17) is 19.9 Å². The number of nitrogens with one attached hydrogen (secondary N) is 1. The molecule has 0 saturated carbocycles. The summed E-state index contributed by atoms with van der Waals surface area (Å²) in [5.41, 5.74) is 7.22. The standard InChI is InChI=1S/C27H34N6O5S/c1-17-23-25(29-16-30-26(23)39-24(17)27(35)33-9-11-37-12-10-33)31-19-5-7-32(8-6-19)14-18-3-4-20(21(13-18)36-2)38-15-22(28)34/h3-4,13,16,19H,5-12,14-15H2,1-2H3,(H2,28,34)(H,29,30,31). The van der Waals surface area contributed by atoms with Crippen molar-refractivity contribution in [2.45, 2.75) is 32.4 Å². The van der Waals surface area contributed by atoms with Crippen molar-refractivity contribution in [3.8, 4) is 11.5 Å². The third-order valence-electron chi connectivity index (χ3n) is 7.15. The number of nitrogens with two attached hydrogens (primary N) is 1. The predicted molar refractivity (Wildman–Crippen MR) is 148 cm³/mol. The molecule has 11 nitrogen and oxygen atoms in total. The largest absolute Gasteiger partial charge is 0.493 e. The van der Waals surface area contributed by atoms with Crippen LogP contribution >= 0.6 is 11.3 Å². The van der Waals surface area contributed by atoms with Gasteiger partial charge in [0, 0.05) is 38.8 Å². The van der Waals surface area contributed by atoms with E-state index >= 15 is 0 Å². The third kappa shape index (κ3) is 6.23. The fourth-order valence-electron chi connectivity index (χ4n) is 5.06. The lowest BCUT2D eigenvalue weighted by Crippen LogP contribution is -2.40. The predicted octanol–water partition coefficient (Wildman–Crippen LogP) is 2.42. The number of aryl methyl sites for hydroxylation is 1. The minimum Gasteiger partial charge on any atom is -0.493 e. The fourth-order valence-corrected chi connectivity index (χ4v) is 6.18. The molecule has 2 saturated heterocycles. The number of rotatable bonds is 9. The van der Waals surface area contributed by atoms with Crippen LogP contribution in [0.5, 0.6) is 11.5 Å². The summed E-state index contributed by atoms with van der Waals surface area (Å²) in [7, 11) is 1.58. The summed E-state index contributed by atoms with van der Waals surface area (Å²) in [5, 5.41) is 4.58. The molecule has 39 heavy (non-hydrogen) atoms. The quantitative estimate of drug-likeness (QED) is 0.409. The Labute approximate surface area is 231 Å². The molecule has 0 atom stereocenters. The lowest BCUT2D eigenvalue weighted by atomic mass is 10.0. The van der Waals surface area contributed by atoms with Crippen LogP contribution in [0.2, 0.25) is 0 Å². The van der Waals surface area contributed by atoms with Crippen LogP contribution in [0.3, 0.4) is 0 Å². The summed E-state index contributed by atoms with van der Waals surface area (Å²) < 4.78 is 16.3. The van der Waals surface area contributed by atoms with Gasteiger partial charge in [0.05, 0.1) is 30.6 Å². The molecule has 3 N–H and O–H groups in total. The number of anilines is 1. The molecule has 2 fully saturated rings. The highest BCUT2D eigenvalue weighted by Gasteiger charge is 2.26. The Kier molecular flexibility index (Phi) is 8.44. The topological polar surface area (TPSA) is 132 Å². The molecule has 2 aliphatic heterocycles. The van der Waals surface area contributed by atoms with Crippen molar-refractivity contribution in [2.75, 3.05) is 58.4 Å². The third-order valence-corrected chi connectivity index (χ3v) is 8.34. The first-order valence-corrected chi connectivity index (χ1v) is 13.9. The lowest BCUT2D eigenvalue weighted by Gasteiger charge is -2.32. The molecule has 2 aromatic heterocycles. The average molecular weight is 555 g/mol. The zero-order valence-corrected chi connectivity index (χ0v) is 23.1. The van der Waals surface area contributed by atoms with Gasteiger partial charge < -0.3 is 30.2 Å². The number of aromatic nitrogens is 2. The molecule has 0 bridgehead atoms. The number of primary amides is 1. The number of likely N-dealkylation sites (tertiary alicyclic amines) is 1. The van der Waals surface area contributed by atoms with Gasteiger partial charge in [0.2, 0.25) is 0 Å². The van der Waals surface area contributed by atoms with E-state index in [1.807, 2.05) is 30.0 Å². The molecule has 2 aliphatic rings. The molecule has 0 unspecified atom stereocenters. The first-order chi connectivity index (χ1) is 18.9. The van der Waals surface area contributed by atoms with E-state index in [9.17, 15) is 9.59 Å². The Morgan fingerprint density at radius 3 is 2.64 bits per heavy atom. The van der Waals surface area contributed by atoms with Crippen LogP contribution in [0.15, 0.2) is 24.5 Å². The molecule has 0 radical (unpaired) electrons. The zero-order chi connectivity index (χ0) is 27.4. The maximum absolute atomic E-state index is 13.2. The number of thiophene rings is 1. The minimum absolute atomic E-state index is 0.0437. The van der Waals surface area contributed by atoms with Crippen molar-refractivity contribution < 1.29 is 23.8 Å². The summed E-state index contributed by atoms with van der Waals surface area (Å²) in [6.07, 6.45) is 3.50. The summed E-state index contributed by atoms with van der Waals surface area (Å²) in [5.74, 6) is 1.39. The van der Waals surface area contributed by atoms with E-state index in [0.29, 0.717) is 37.8 Å². The van der Waals surface area contributed by atoms with Crippen LogP contribution < -0.4 is 20.5 Å². The normalized spacial score (nSPS) is 16.8. The number of piperidine rings is 1. The van der Waals surface area contributed by atoms with Crippen molar-refractivity contribution in [3.05, 3.63) is 40.5 Å². The summed E-state index contributed by atoms with van der Waals surface area (Å²) in [6.45, 7) is 6.82. The van der Waals surface area contributed by atoms with Crippen molar-refractivity contribution in [3.63, 3.8) is 0 Å². The van der Waals surface area contributed by atoms with Crippen LogP contribution in [-0.2, 0) is 16.1 Å². The number of ether oxygens (including phenoxy) is 3. The van der Waals surface area contributed by atoms with Crippen molar-refractivity contribution in [2.24, 2.45) is 5.73 Å². The number of amides is 2. The lowest BCUT2D eigenvalue weighted by molar-refractivity contribution is -0.119. The SMILES string of the molecule is COc1cc(CN2CCC(Nc3ncnc4sc(C(=O)N5CCOCC5)c(C)c34)CC2)ccc1OCC(N)=O. The Balaban J connectivity index is 1.21. The van der Waals surface area contributed by atoms with Crippen LogP contribution in [0.4, 0.5) is 5.82 Å². The summed E-state index contributed by atoms with van der Waals surface area (Å²) >= 11 is 1.44. The second-order valence-corrected chi connectivity index (χ2v) is 10.8. The number of carbonyl (C=O) groups excluding carboxylic acids is 2. The van der Waals surface area contributed by atoms with Crippen LogP contribution in [0.1, 0.15) is 33.6 Å². The van der Waals surface area contributed by atoms with Gasteiger partial charge in [-0.2, -0.15) is 0 Å². The number of hydrogen-bond donors (Lipinski definition) is 2. The van der Waals surface area contributed by atoms with Gasteiger partial charge in [-0.15, -0.1) is 11.3 Å². The maximum atomic E-state index is 13.2. The number of hydrogen-bond acceptors (Lipinski definition) is 10. The molecule has 2 amide bonds. The van der Waals surface area contributed by atoms with Crippen LogP contribution in [0.25, 0.3) is 10.2 Å². The molecule has 12 heteroatoms. The highest BCUT2D eigenvalue weighted by Crippen LogP contribution is 2.35. The van der Waals surface area contributed by atoms with Gasteiger partial charge in [0.1, 0.15) is 17.0 Å². The Morgan fingerprint density at radius 1 is 1.15 bits per heavy atom. The molecule has 0 spiro atoms. The molecule has 5 rings (SSSR count). The monoisotopic (exact) mass is 554 g/mol. The fraction of sp³-hybridized carbons (Fsp3) is 0.481. The van der Waals surface area contributed by atoms with E-state index in [0.717, 1.165) is 64.5 Å². The zero-order valence-electron chi connectivity index (χ0n) is 22.3. The number of fused-ring (bicyclic) bond motifs is 1. The second-order valence-electron chi connectivity index (χ2n) is 9.80. The molecule has 208 valence electrons. The van der Waals surface area contributed by atoms with Crippen LogP contribution in [-0.4, -0.2) is 90.7 Å². The molecule has 0 aliphatic carbocycles. The Morgan fingerprint density at radius 2 is 1.92 bits per heavy atom. The number of methoxy groups -OCH3 is 1. The smallest absolute Gasteiger partial charge is 0.264 e. The average Bonchev–Trinajstić information content (AvgIpc) is 3.30. The highest BCUT2D eigenvalue weighted by atomic mass is 32.1. The molecule has 3 aromatic rings. The maximum Gasteiger partial charge on any atom is 0.264 e. The first-order valence-electron chi connectivity index (χ1n) is 13.1. The second kappa shape index (κ2) is 12.1. The van der Waals surface area contributed by atoms with Gasteiger partial charge in [0.25, 0.3) is 11.8 Å². The van der Waals surface area contributed by atoms with E-state index in [2.05, 4.69) is 20.2 Å². The van der Waals surface area contributed by atoms with E-state index < -0.39 is 5.91 Å². The van der Waals surface area contributed by atoms with Gasteiger partial charge in [-0.05, 0) is 43.0 Å². The summed E-state index contributed by atoms with van der Waals surface area (Å²) in [4.78, 5) is 39.0. The van der Waals surface area contributed by atoms with E-state index in [1.54, 1.807) is 13.4 Å². The number of benzene rings is 1. The van der Waals surface area contributed by atoms with Crippen molar-refractivity contribution >= 4 is 39.2 Å². The van der Waals surface area contributed by atoms with Gasteiger partial charge in [0.15, 0.2) is 18.1 Å². The van der Waals surface area contributed by atoms with Crippen molar-refractivity contribution in [1.82, 2.24) is 19.8 Å². The van der Waals surface area contributed by atoms with E-state index in [-0.39, 0.29) is 18.6 Å². The van der Waals surface area contributed by atoms with Gasteiger partial charge in [-0.25, -0.2) is 9.97 Å². The molecular weight excluding hydrogens is 520 g/mol. The van der Waals surface area contributed by atoms with Crippen molar-refractivity contribution in [1.29, 1.82) is 0 Å². The van der Waals surface area contributed by atoms with Gasteiger partial charge >= 0.3 is 0 Å². The number of nitrogens with zero attached hydrogens (tertiary/aromatic N) is 4. The van der Waals surface area contributed by atoms with Gasteiger partial charge in [-0.3, -0.25) is 14.5 Å². The van der Waals surface area contributed by atoms with E-state index in [1.165, 1.54) is 11.3 Å². The first kappa shape index (κ1) is 27.1. The Hall–Kier alpha value is -3.48. The molecule has 1 aromatic carbocycles. The van der Waals surface area contributed by atoms with Gasteiger partial charge in [-0.1, -0.05) is 6.07 Å². The van der Waals surface area contributed by atoms with Crippen LogP contribution in [0, 0.1) is 6.92 Å². The number of carbonyl (C=O) groups is 2. The number of morpholine rings is 1. The Bertz CT molecular complexity index is 1330. The highest BCUT2D eigenvalue weighted by molar-refractivity contribution is 7.20. The molecule has 4 heterocycles.